The Balaban J connectivity index is 1.81. The number of carbonyl (C=O) groups is 1. The molecule has 24 heavy (non-hydrogen) atoms. The van der Waals surface area contributed by atoms with Gasteiger partial charge in [0.1, 0.15) is 5.78 Å². The largest absolute Gasteiger partial charge is 0.376 e. The number of ether oxygens (including phenoxy) is 1. The predicted octanol–water partition coefficient (Wildman–Crippen LogP) is 3.89. The van der Waals surface area contributed by atoms with E-state index in [4.69, 9.17) is 4.74 Å². The number of nitrogens with zero attached hydrogens (tertiary/aromatic N) is 3. The lowest BCUT2D eigenvalue weighted by molar-refractivity contribution is -0.123. The van der Waals surface area contributed by atoms with Crippen molar-refractivity contribution in [2.24, 2.45) is 5.41 Å². The van der Waals surface area contributed by atoms with Gasteiger partial charge in [0.15, 0.2) is 11.0 Å². The van der Waals surface area contributed by atoms with Crippen molar-refractivity contribution in [1.29, 1.82) is 0 Å². The van der Waals surface area contributed by atoms with E-state index < -0.39 is 0 Å². The predicted molar refractivity (Wildman–Crippen MR) is 97.5 cm³/mol. The summed E-state index contributed by atoms with van der Waals surface area (Å²) >= 11 is 3.12. The Morgan fingerprint density at radius 3 is 2.92 bits per heavy atom. The van der Waals surface area contributed by atoms with Crippen molar-refractivity contribution in [2.45, 2.75) is 51.4 Å². The van der Waals surface area contributed by atoms with E-state index in [0.29, 0.717) is 5.75 Å². The smallest absolute Gasteiger partial charge is 0.192 e. The summed E-state index contributed by atoms with van der Waals surface area (Å²) in [5, 5.41) is 11.6. The molecule has 1 aliphatic heterocycles. The van der Waals surface area contributed by atoms with E-state index in [1.165, 1.54) is 11.8 Å². The minimum Gasteiger partial charge on any atom is -0.376 e. The van der Waals surface area contributed by atoms with Crippen LogP contribution in [-0.4, -0.2) is 39.0 Å². The van der Waals surface area contributed by atoms with Crippen LogP contribution in [0, 0.1) is 5.41 Å². The molecular weight excluding hydrogens is 342 g/mol. The zero-order chi connectivity index (χ0) is 17.2. The van der Waals surface area contributed by atoms with Crippen molar-refractivity contribution in [3.05, 3.63) is 17.5 Å². The Bertz CT molecular complexity index is 683. The summed E-state index contributed by atoms with van der Waals surface area (Å²) in [6.45, 7) is 7.41. The molecule has 0 radical (unpaired) electrons. The summed E-state index contributed by atoms with van der Waals surface area (Å²) in [5.74, 6) is 1.50. The fourth-order valence-electron chi connectivity index (χ4n) is 2.49. The van der Waals surface area contributed by atoms with Gasteiger partial charge >= 0.3 is 0 Å². The second-order valence-corrected chi connectivity index (χ2v) is 8.88. The van der Waals surface area contributed by atoms with E-state index in [1.807, 2.05) is 32.2 Å². The first-order valence-corrected chi connectivity index (χ1v) is 10.1. The third-order valence-corrected chi connectivity index (χ3v) is 5.87. The Hall–Kier alpha value is -1.18. The first-order valence-electron chi connectivity index (χ1n) is 8.20. The minimum atomic E-state index is -0.330. The number of ketones is 1. The van der Waals surface area contributed by atoms with E-state index >= 15 is 0 Å². The van der Waals surface area contributed by atoms with E-state index in [9.17, 15) is 4.79 Å². The average Bonchev–Trinajstić information content (AvgIpc) is 3.26. The Kier molecular flexibility index (Phi) is 5.42. The van der Waals surface area contributed by atoms with Crippen molar-refractivity contribution < 1.29 is 9.53 Å². The maximum absolute atomic E-state index is 12.2. The van der Waals surface area contributed by atoms with Gasteiger partial charge in [-0.1, -0.05) is 38.6 Å². The highest BCUT2D eigenvalue weighted by atomic mass is 32.2. The molecule has 7 heteroatoms. The molecule has 1 fully saturated rings. The highest BCUT2D eigenvalue weighted by molar-refractivity contribution is 7.99. The second-order valence-electron chi connectivity index (χ2n) is 6.99. The van der Waals surface area contributed by atoms with Gasteiger partial charge in [0.25, 0.3) is 0 Å². The van der Waals surface area contributed by atoms with Crippen molar-refractivity contribution in [2.75, 3.05) is 12.4 Å². The fraction of sp³-hybridized carbons (Fsp3) is 0.588. The van der Waals surface area contributed by atoms with Gasteiger partial charge in [-0.25, -0.2) is 0 Å². The summed E-state index contributed by atoms with van der Waals surface area (Å²) in [4.78, 5) is 13.3. The summed E-state index contributed by atoms with van der Waals surface area (Å²) in [7, 11) is 0. The number of Topliss-reactive ketones (excluding diaryl/α,β-unsaturated/α-hetero) is 1. The van der Waals surface area contributed by atoms with Crippen LogP contribution in [0.25, 0.3) is 10.7 Å². The zero-order valence-electron chi connectivity index (χ0n) is 14.3. The van der Waals surface area contributed by atoms with Crippen LogP contribution in [0.15, 0.2) is 22.7 Å². The van der Waals surface area contributed by atoms with Crippen LogP contribution in [-0.2, 0) is 16.1 Å². The molecule has 0 N–H and O–H groups in total. The lowest BCUT2D eigenvalue weighted by Crippen LogP contribution is -2.22. The number of carbonyl (C=O) groups excluding carboxylic acids is 1. The first-order chi connectivity index (χ1) is 11.4. The van der Waals surface area contributed by atoms with Gasteiger partial charge in [0.05, 0.1) is 23.3 Å². The lowest BCUT2D eigenvalue weighted by atomic mass is 9.92. The number of hydrogen-bond donors (Lipinski definition) is 0. The topological polar surface area (TPSA) is 57.0 Å². The molecule has 0 saturated carbocycles. The highest BCUT2D eigenvalue weighted by Crippen LogP contribution is 2.30. The molecule has 0 amide bonds. The van der Waals surface area contributed by atoms with Crippen LogP contribution in [0.5, 0.6) is 0 Å². The molecule has 3 heterocycles. The first kappa shape index (κ1) is 17.6. The van der Waals surface area contributed by atoms with Gasteiger partial charge in [-0.2, -0.15) is 0 Å². The second kappa shape index (κ2) is 7.37. The molecular formula is C17H23N3O2S2. The van der Waals surface area contributed by atoms with Crippen LogP contribution in [0.2, 0.25) is 0 Å². The quantitative estimate of drug-likeness (QED) is 0.727. The summed E-state index contributed by atoms with van der Waals surface area (Å²) in [5.41, 5.74) is -0.330. The average molecular weight is 366 g/mol. The third kappa shape index (κ3) is 4.07. The molecule has 0 aromatic carbocycles. The Morgan fingerprint density at radius 1 is 1.46 bits per heavy atom. The number of thioether (sulfide) groups is 1. The molecule has 0 unspecified atom stereocenters. The third-order valence-electron chi connectivity index (χ3n) is 4.04. The van der Waals surface area contributed by atoms with Gasteiger partial charge in [0, 0.05) is 12.0 Å². The molecule has 1 atom stereocenters. The molecule has 1 saturated heterocycles. The lowest BCUT2D eigenvalue weighted by Gasteiger charge is -2.17. The van der Waals surface area contributed by atoms with Crippen LogP contribution in [0.4, 0.5) is 0 Å². The molecule has 0 aliphatic carbocycles. The maximum atomic E-state index is 12.2. The van der Waals surface area contributed by atoms with E-state index in [0.717, 1.165) is 41.9 Å². The van der Waals surface area contributed by atoms with Gasteiger partial charge in [-0.3, -0.25) is 9.36 Å². The van der Waals surface area contributed by atoms with Crippen molar-refractivity contribution in [3.8, 4) is 10.7 Å². The number of thiophene rings is 1. The Morgan fingerprint density at radius 2 is 2.29 bits per heavy atom. The molecule has 3 rings (SSSR count). The molecule has 2 aromatic rings. The van der Waals surface area contributed by atoms with Crippen molar-refractivity contribution >= 4 is 28.9 Å². The van der Waals surface area contributed by atoms with Crippen LogP contribution < -0.4 is 0 Å². The van der Waals surface area contributed by atoms with Crippen LogP contribution in [0.3, 0.4) is 0 Å². The van der Waals surface area contributed by atoms with Gasteiger partial charge in [-0.05, 0) is 24.3 Å². The summed E-state index contributed by atoms with van der Waals surface area (Å²) < 4.78 is 7.90. The normalized spacial score (nSPS) is 18.2. The van der Waals surface area contributed by atoms with E-state index in [2.05, 4.69) is 20.8 Å². The van der Waals surface area contributed by atoms with Gasteiger partial charge < -0.3 is 4.74 Å². The summed E-state index contributed by atoms with van der Waals surface area (Å²) in [6.07, 6.45) is 2.37. The van der Waals surface area contributed by atoms with Crippen LogP contribution >= 0.6 is 23.1 Å². The number of aromatic nitrogens is 3. The number of rotatable bonds is 6. The van der Waals surface area contributed by atoms with Crippen molar-refractivity contribution in [1.82, 2.24) is 14.8 Å². The molecule has 130 valence electrons. The van der Waals surface area contributed by atoms with E-state index in [-0.39, 0.29) is 17.3 Å². The zero-order valence-corrected chi connectivity index (χ0v) is 16.0. The molecule has 5 nitrogen and oxygen atoms in total. The molecule has 2 aromatic heterocycles. The fourth-order valence-corrected chi connectivity index (χ4v) is 4.31. The molecule has 0 bridgehead atoms. The molecule has 1 aliphatic rings. The standard InChI is InChI=1S/C17H23N3O2S2/c1-17(2,3)14(21)11-24-16-19-18-15(13-7-5-9-23-13)20(16)10-12-6-4-8-22-12/h5,7,9,12H,4,6,8,10-11H2,1-3H3/t12-/m0/s1. The monoisotopic (exact) mass is 365 g/mol. The summed E-state index contributed by atoms with van der Waals surface area (Å²) in [6, 6.07) is 4.07. The molecule has 0 spiro atoms. The van der Waals surface area contributed by atoms with Gasteiger partial charge in [0.2, 0.25) is 0 Å². The van der Waals surface area contributed by atoms with Crippen molar-refractivity contribution in [3.63, 3.8) is 0 Å². The highest BCUT2D eigenvalue weighted by Gasteiger charge is 2.25. The maximum Gasteiger partial charge on any atom is 0.192 e. The number of hydrogen-bond acceptors (Lipinski definition) is 6. The minimum absolute atomic E-state index is 0.206. The Labute approximate surface area is 150 Å². The van der Waals surface area contributed by atoms with E-state index in [1.54, 1.807) is 11.3 Å². The van der Waals surface area contributed by atoms with Crippen LogP contribution in [0.1, 0.15) is 33.6 Å². The SMILES string of the molecule is CC(C)(C)C(=O)CSc1nnc(-c2cccs2)n1C[C@@H]1CCCO1. The van der Waals surface area contributed by atoms with Gasteiger partial charge in [-0.15, -0.1) is 21.5 Å².